The lowest BCUT2D eigenvalue weighted by atomic mass is 10.1. The molecule has 0 unspecified atom stereocenters. The zero-order chi connectivity index (χ0) is 18.0. The molecule has 0 spiro atoms. The van der Waals surface area contributed by atoms with E-state index in [2.05, 4.69) is 4.90 Å². The molecule has 7 heteroatoms. The van der Waals surface area contributed by atoms with Crippen molar-refractivity contribution in [3.8, 4) is 0 Å². The summed E-state index contributed by atoms with van der Waals surface area (Å²) in [6.07, 6.45) is 0.273. The van der Waals surface area contributed by atoms with E-state index in [9.17, 15) is 14.7 Å². The number of piperazine rings is 1. The molecule has 1 aromatic carbocycles. The second-order valence-electron chi connectivity index (χ2n) is 7.21. The van der Waals surface area contributed by atoms with Crippen LogP contribution < -0.4 is 5.76 Å². The highest BCUT2D eigenvalue weighted by Gasteiger charge is 2.25. The highest BCUT2D eigenvalue weighted by atomic mass is 16.4. The first kappa shape index (κ1) is 17.7. The van der Waals surface area contributed by atoms with Crippen molar-refractivity contribution in [2.24, 2.45) is 0 Å². The topological polar surface area (TPSA) is 78.9 Å². The Morgan fingerprint density at radius 3 is 2.56 bits per heavy atom. The molecule has 2 heterocycles. The molecule has 3 rings (SSSR count). The van der Waals surface area contributed by atoms with Crippen LogP contribution in [0.2, 0.25) is 0 Å². The Bertz CT molecular complexity index is 794. The molecule has 1 N–H and O–H groups in total. The van der Waals surface area contributed by atoms with Crippen LogP contribution in [0.3, 0.4) is 0 Å². The predicted molar refractivity (Wildman–Crippen MR) is 94.4 cm³/mol. The normalized spacial score (nSPS) is 16.5. The fraction of sp³-hybridized carbons (Fsp3) is 0.556. The van der Waals surface area contributed by atoms with Crippen LogP contribution in [-0.4, -0.2) is 63.7 Å². The van der Waals surface area contributed by atoms with Crippen molar-refractivity contribution >= 4 is 17.0 Å². The van der Waals surface area contributed by atoms with Crippen LogP contribution in [0.25, 0.3) is 11.1 Å². The van der Waals surface area contributed by atoms with Gasteiger partial charge in [-0.1, -0.05) is 12.1 Å². The van der Waals surface area contributed by atoms with Gasteiger partial charge in [-0.2, -0.15) is 0 Å². The van der Waals surface area contributed by atoms with Gasteiger partial charge in [0.05, 0.1) is 11.1 Å². The molecular weight excluding hydrogens is 322 g/mol. The number of nitrogens with zero attached hydrogens (tertiary/aromatic N) is 3. The van der Waals surface area contributed by atoms with E-state index in [1.165, 1.54) is 4.57 Å². The van der Waals surface area contributed by atoms with Gasteiger partial charge in [0, 0.05) is 45.7 Å². The summed E-state index contributed by atoms with van der Waals surface area (Å²) in [7, 11) is 0. The van der Waals surface area contributed by atoms with E-state index in [4.69, 9.17) is 4.42 Å². The number of rotatable bonds is 5. The maximum Gasteiger partial charge on any atom is 0.419 e. The van der Waals surface area contributed by atoms with Gasteiger partial charge in [-0.05, 0) is 26.0 Å². The van der Waals surface area contributed by atoms with E-state index < -0.39 is 11.4 Å². The van der Waals surface area contributed by atoms with Gasteiger partial charge in [-0.25, -0.2) is 4.79 Å². The number of hydrogen-bond acceptors (Lipinski definition) is 5. The third-order valence-electron chi connectivity index (χ3n) is 4.46. The number of carbonyl (C=O) groups excluding carboxylic acids is 1. The van der Waals surface area contributed by atoms with Gasteiger partial charge in [0.25, 0.3) is 0 Å². The summed E-state index contributed by atoms with van der Waals surface area (Å²) < 4.78 is 6.70. The van der Waals surface area contributed by atoms with Crippen LogP contribution in [0.1, 0.15) is 20.3 Å². The average Bonchev–Trinajstić information content (AvgIpc) is 2.87. The minimum Gasteiger partial charge on any atom is -0.408 e. The first-order valence-electron chi connectivity index (χ1n) is 8.64. The Balaban J connectivity index is 1.55. The summed E-state index contributed by atoms with van der Waals surface area (Å²) in [5, 5.41) is 9.88. The SMILES string of the molecule is CC(C)(O)CN1CCN(C(=O)CCn2c(=O)oc3ccccc32)CC1. The first-order valence-corrected chi connectivity index (χ1v) is 8.64. The second-order valence-corrected chi connectivity index (χ2v) is 7.21. The number of β-amino-alcohol motifs (C(OH)–C–C–N with tert-alkyl or cyclic N) is 1. The Morgan fingerprint density at radius 1 is 1.20 bits per heavy atom. The summed E-state index contributed by atoms with van der Waals surface area (Å²) >= 11 is 0. The van der Waals surface area contributed by atoms with Crippen molar-refractivity contribution in [1.29, 1.82) is 0 Å². The minimum atomic E-state index is -0.727. The molecule has 25 heavy (non-hydrogen) atoms. The highest BCUT2D eigenvalue weighted by Crippen LogP contribution is 2.13. The highest BCUT2D eigenvalue weighted by molar-refractivity contribution is 5.77. The number of aromatic nitrogens is 1. The number of oxazole rings is 1. The minimum absolute atomic E-state index is 0.0417. The molecule has 0 radical (unpaired) electrons. The van der Waals surface area contributed by atoms with Crippen molar-refractivity contribution in [3.05, 3.63) is 34.8 Å². The molecule has 1 saturated heterocycles. The molecule has 1 aliphatic rings. The van der Waals surface area contributed by atoms with Gasteiger partial charge in [-0.3, -0.25) is 14.3 Å². The van der Waals surface area contributed by atoms with Crippen molar-refractivity contribution in [2.45, 2.75) is 32.4 Å². The van der Waals surface area contributed by atoms with Crippen LogP contribution in [0, 0.1) is 0 Å². The van der Waals surface area contributed by atoms with E-state index in [0.29, 0.717) is 31.8 Å². The number of amides is 1. The van der Waals surface area contributed by atoms with Gasteiger partial charge in [-0.15, -0.1) is 0 Å². The summed E-state index contributed by atoms with van der Waals surface area (Å²) in [6.45, 7) is 7.31. The number of benzene rings is 1. The molecule has 1 amide bonds. The molecule has 0 aliphatic carbocycles. The van der Waals surface area contributed by atoms with Gasteiger partial charge in [0.2, 0.25) is 5.91 Å². The van der Waals surface area contributed by atoms with Gasteiger partial charge < -0.3 is 14.4 Å². The fourth-order valence-electron chi connectivity index (χ4n) is 3.29. The maximum atomic E-state index is 12.4. The third-order valence-corrected chi connectivity index (χ3v) is 4.46. The van der Waals surface area contributed by atoms with E-state index in [1.807, 2.05) is 23.1 Å². The van der Waals surface area contributed by atoms with Crippen molar-refractivity contribution in [2.75, 3.05) is 32.7 Å². The molecule has 0 atom stereocenters. The largest absolute Gasteiger partial charge is 0.419 e. The smallest absolute Gasteiger partial charge is 0.408 e. The molecule has 7 nitrogen and oxygen atoms in total. The van der Waals surface area contributed by atoms with Gasteiger partial charge in [0.15, 0.2) is 5.58 Å². The van der Waals surface area contributed by atoms with Crippen LogP contribution in [0.4, 0.5) is 0 Å². The summed E-state index contributed by atoms with van der Waals surface area (Å²) in [5.41, 5.74) is 0.533. The lowest BCUT2D eigenvalue weighted by Gasteiger charge is -2.37. The van der Waals surface area contributed by atoms with Crippen LogP contribution in [0.5, 0.6) is 0 Å². The van der Waals surface area contributed by atoms with E-state index >= 15 is 0 Å². The number of fused-ring (bicyclic) bond motifs is 1. The van der Waals surface area contributed by atoms with Crippen molar-refractivity contribution < 1.29 is 14.3 Å². The lowest BCUT2D eigenvalue weighted by molar-refractivity contribution is -0.133. The summed E-state index contributed by atoms with van der Waals surface area (Å²) in [6, 6.07) is 7.22. The number of carbonyl (C=O) groups is 1. The van der Waals surface area contributed by atoms with Crippen molar-refractivity contribution in [1.82, 2.24) is 14.4 Å². The van der Waals surface area contributed by atoms with E-state index in [0.717, 1.165) is 18.6 Å². The van der Waals surface area contributed by atoms with E-state index in [-0.39, 0.29) is 12.3 Å². The van der Waals surface area contributed by atoms with Crippen molar-refractivity contribution in [3.63, 3.8) is 0 Å². The molecule has 1 fully saturated rings. The lowest BCUT2D eigenvalue weighted by Crippen LogP contribution is -2.52. The van der Waals surface area contributed by atoms with Crippen LogP contribution >= 0.6 is 0 Å². The number of para-hydroxylation sites is 2. The zero-order valence-corrected chi connectivity index (χ0v) is 14.8. The van der Waals surface area contributed by atoms with Gasteiger partial charge in [0.1, 0.15) is 0 Å². The average molecular weight is 347 g/mol. The summed E-state index contributed by atoms with van der Waals surface area (Å²) in [4.78, 5) is 28.4. The Labute approximate surface area is 146 Å². The van der Waals surface area contributed by atoms with Gasteiger partial charge >= 0.3 is 5.76 Å². The Hall–Kier alpha value is -2.12. The number of aliphatic hydroxyl groups is 1. The Morgan fingerprint density at radius 2 is 1.88 bits per heavy atom. The maximum absolute atomic E-state index is 12.4. The molecule has 0 bridgehead atoms. The quantitative estimate of drug-likeness (QED) is 0.869. The molecule has 2 aromatic rings. The van der Waals surface area contributed by atoms with Crippen LogP contribution in [-0.2, 0) is 11.3 Å². The second kappa shape index (κ2) is 7.01. The molecular formula is C18H25N3O4. The third kappa shape index (κ3) is 4.29. The number of aryl methyl sites for hydroxylation is 1. The number of hydrogen-bond donors (Lipinski definition) is 1. The predicted octanol–water partition coefficient (Wildman–Crippen LogP) is 0.900. The standard InChI is InChI=1S/C18H25N3O4/c1-18(2,24)13-19-9-11-20(12-10-19)16(22)7-8-21-14-5-3-4-6-15(14)25-17(21)23/h3-6,24H,7-13H2,1-2H3. The fourth-order valence-corrected chi connectivity index (χ4v) is 3.29. The summed E-state index contributed by atoms with van der Waals surface area (Å²) in [5.74, 6) is -0.385. The molecule has 1 aromatic heterocycles. The molecule has 136 valence electrons. The first-order chi connectivity index (χ1) is 11.8. The zero-order valence-electron chi connectivity index (χ0n) is 14.8. The van der Waals surface area contributed by atoms with E-state index in [1.54, 1.807) is 19.9 Å². The van der Waals surface area contributed by atoms with Crippen LogP contribution in [0.15, 0.2) is 33.5 Å². The Kier molecular flexibility index (Phi) is 4.96. The monoisotopic (exact) mass is 347 g/mol. The molecule has 1 aliphatic heterocycles. The molecule has 0 saturated carbocycles.